The summed E-state index contributed by atoms with van der Waals surface area (Å²) in [4.78, 5) is 34.2. The van der Waals surface area contributed by atoms with Crippen molar-refractivity contribution in [2.75, 3.05) is 6.54 Å². The van der Waals surface area contributed by atoms with Crippen LogP contribution in [-0.4, -0.2) is 27.3 Å². The van der Waals surface area contributed by atoms with E-state index in [-0.39, 0.29) is 11.5 Å². The Morgan fingerprint density at radius 2 is 1.81 bits per heavy atom. The third-order valence-electron chi connectivity index (χ3n) is 4.61. The molecular formula is C22H25N3O2. The molecule has 5 nitrogen and oxygen atoms in total. The van der Waals surface area contributed by atoms with Crippen LogP contribution in [0, 0.1) is 0 Å². The highest BCUT2D eigenvalue weighted by atomic mass is 16.2. The van der Waals surface area contributed by atoms with Crippen LogP contribution in [0.4, 0.5) is 0 Å². The predicted octanol–water partition coefficient (Wildman–Crippen LogP) is 3.68. The first kappa shape index (κ1) is 18.8. The minimum atomic E-state index is -0.164. The fourth-order valence-corrected chi connectivity index (χ4v) is 3.09. The molecule has 0 atom stereocenters. The minimum Gasteiger partial charge on any atom is -0.335 e. The van der Waals surface area contributed by atoms with Gasteiger partial charge in [0, 0.05) is 13.0 Å². The number of amides is 1. The van der Waals surface area contributed by atoms with Crippen LogP contribution >= 0.6 is 0 Å². The number of benzene rings is 2. The van der Waals surface area contributed by atoms with Crippen molar-refractivity contribution in [3.63, 3.8) is 0 Å². The van der Waals surface area contributed by atoms with E-state index in [2.05, 4.69) is 16.9 Å². The van der Waals surface area contributed by atoms with Gasteiger partial charge in [-0.1, -0.05) is 55.8 Å². The molecule has 0 unspecified atom stereocenters. The molecule has 3 rings (SSSR count). The van der Waals surface area contributed by atoms with Crippen LogP contribution in [0.3, 0.4) is 0 Å². The van der Waals surface area contributed by atoms with Gasteiger partial charge < -0.3 is 9.88 Å². The van der Waals surface area contributed by atoms with Gasteiger partial charge in [0.15, 0.2) is 0 Å². The second-order valence-corrected chi connectivity index (χ2v) is 6.68. The number of para-hydroxylation sites is 1. The summed E-state index contributed by atoms with van der Waals surface area (Å²) in [7, 11) is 0. The van der Waals surface area contributed by atoms with Crippen molar-refractivity contribution in [3.05, 3.63) is 76.3 Å². The number of unbranched alkanes of at least 4 members (excludes halogenated alkanes) is 1. The second-order valence-electron chi connectivity index (χ2n) is 6.68. The summed E-state index contributed by atoms with van der Waals surface area (Å²) in [5.41, 5.74) is 1.64. The quantitative estimate of drug-likeness (QED) is 0.664. The van der Waals surface area contributed by atoms with Crippen molar-refractivity contribution >= 4 is 16.8 Å². The molecule has 0 spiro atoms. The van der Waals surface area contributed by atoms with Crippen molar-refractivity contribution in [2.45, 2.75) is 39.2 Å². The lowest BCUT2D eigenvalue weighted by Crippen LogP contribution is -2.33. The summed E-state index contributed by atoms with van der Waals surface area (Å²) in [6.45, 7) is 3.09. The number of carbonyl (C=O) groups is 1. The van der Waals surface area contributed by atoms with Gasteiger partial charge in [0.05, 0.1) is 17.4 Å². The van der Waals surface area contributed by atoms with E-state index >= 15 is 0 Å². The Morgan fingerprint density at radius 1 is 1.07 bits per heavy atom. The maximum Gasteiger partial charge on any atom is 0.258 e. The zero-order valence-electron chi connectivity index (χ0n) is 15.6. The molecule has 0 fully saturated rings. The smallest absolute Gasteiger partial charge is 0.258 e. The number of aryl methyl sites for hydroxylation is 1. The molecule has 0 bridgehead atoms. The zero-order chi connectivity index (χ0) is 19.1. The summed E-state index contributed by atoms with van der Waals surface area (Å²) in [6.07, 6.45) is 3.09. The number of hydrogen-bond acceptors (Lipinski definition) is 3. The standard InChI is InChI=1S/C22H25N3O2/c1-2-3-15-25(21(26)14-13-17-9-5-4-6-10-17)16-20-23-19-12-8-7-11-18(19)22(27)24-20/h4-12H,2-3,13-16H2,1H3,(H,23,24,27). The Labute approximate surface area is 159 Å². The summed E-state index contributed by atoms with van der Waals surface area (Å²) in [5, 5.41) is 0.566. The molecule has 0 aliphatic carbocycles. The van der Waals surface area contributed by atoms with Gasteiger partial charge in [0.1, 0.15) is 5.82 Å². The molecule has 1 amide bonds. The first-order chi connectivity index (χ1) is 13.2. The fraction of sp³-hybridized carbons (Fsp3) is 0.318. The summed E-state index contributed by atoms with van der Waals surface area (Å²) < 4.78 is 0. The highest BCUT2D eigenvalue weighted by Crippen LogP contribution is 2.10. The first-order valence-corrected chi connectivity index (χ1v) is 9.47. The Hall–Kier alpha value is -2.95. The molecule has 0 aliphatic heterocycles. The van der Waals surface area contributed by atoms with Gasteiger partial charge in [-0.25, -0.2) is 4.98 Å². The number of fused-ring (bicyclic) bond motifs is 1. The van der Waals surface area contributed by atoms with Crippen LogP contribution in [-0.2, 0) is 17.8 Å². The van der Waals surface area contributed by atoms with Gasteiger partial charge in [0.2, 0.25) is 5.91 Å². The molecule has 27 heavy (non-hydrogen) atoms. The van der Waals surface area contributed by atoms with Crippen LogP contribution in [0.1, 0.15) is 37.6 Å². The van der Waals surface area contributed by atoms with Gasteiger partial charge >= 0.3 is 0 Å². The number of aromatic amines is 1. The maximum atomic E-state index is 12.8. The molecular weight excluding hydrogens is 338 g/mol. The summed E-state index contributed by atoms with van der Waals surface area (Å²) in [6, 6.07) is 17.3. The van der Waals surface area contributed by atoms with Gasteiger partial charge in [0.25, 0.3) is 5.56 Å². The molecule has 5 heteroatoms. The monoisotopic (exact) mass is 363 g/mol. The Balaban J connectivity index is 1.74. The zero-order valence-corrected chi connectivity index (χ0v) is 15.6. The topological polar surface area (TPSA) is 66.1 Å². The van der Waals surface area contributed by atoms with E-state index in [1.807, 2.05) is 48.5 Å². The van der Waals surface area contributed by atoms with Crippen molar-refractivity contribution in [1.29, 1.82) is 0 Å². The number of H-pyrrole nitrogens is 1. The number of aromatic nitrogens is 2. The average molecular weight is 363 g/mol. The Morgan fingerprint density at radius 3 is 2.59 bits per heavy atom. The lowest BCUT2D eigenvalue weighted by molar-refractivity contribution is -0.132. The van der Waals surface area contributed by atoms with Crippen LogP contribution in [0.2, 0.25) is 0 Å². The highest BCUT2D eigenvalue weighted by molar-refractivity contribution is 5.78. The molecule has 0 radical (unpaired) electrons. The number of rotatable bonds is 8. The third-order valence-corrected chi connectivity index (χ3v) is 4.61. The lowest BCUT2D eigenvalue weighted by atomic mass is 10.1. The Bertz CT molecular complexity index is 950. The minimum absolute atomic E-state index is 0.0862. The molecule has 2 aromatic carbocycles. The molecule has 1 aromatic heterocycles. The molecule has 1 heterocycles. The van der Waals surface area contributed by atoms with E-state index in [0.717, 1.165) is 18.4 Å². The number of nitrogens with one attached hydrogen (secondary N) is 1. The van der Waals surface area contributed by atoms with Crippen LogP contribution < -0.4 is 5.56 Å². The molecule has 0 aliphatic rings. The molecule has 140 valence electrons. The molecule has 0 saturated carbocycles. The maximum absolute atomic E-state index is 12.8. The summed E-state index contributed by atoms with van der Waals surface area (Å²) >= 11 is 0. The normalized spacial score (nSPS) is 10.9. The largest absolute Gasteiger partial charge is 0.335 e. The van der Waals surface area contributed by atoms with Gasteiger partial charge in [-0.3, -0.25) is 9.59 Å². The van der Waals surface area contributed by atoms with E-state index < -0.39 is 0 Å². The van der Waals surface area contributed by atoms with E-state index in [4.69, 9.17) is 0 Å². The highest BCUT2D eigenvalue weighted by Gasteiger charge is 2.15. The van der Waals surface area contributed by atoms with Crippen molar-refractivity contribution in [1.82, 2.24) is 14.9 Å². The predicted molar refractivity (Wildman–Crippen MR) is 107 cm³/mol. The van der Waals surface area contributed by atoms with E-state index in [0.29, 0.717) is 42.7 Å². The third kappa shape index (κ3) is 5.03. The van der Waals surface area contributed by atoms with Crippen molar-refractivity contribution in [2.24, 2.45) is 0 Å². The van der Waals surface area contributed by atoms with Gasteiger partial charge in [-0.05, 0) is 30.5 Å². The van der Waals surface area contributed by atoms with E-state index in [1.165, 1.54) is 0 Å². The SMILES string of the molecule is CCCCN(Cc1nc2ccccc2c(=O)[nH]1)C(=O)CCc1ccccc1. The molecule has 0 saturated heterocycles. The van der Waals surface area contributed by atoms with E-state index in [1.54, 1.807) is 11.0 Å². The second kappa shape index (κ2) is 9.12. The van der Waals surface area contributed by atoms with Gasteiger partial charge in [-0.2, -0.15) is 0 Å². The molecule has 1 N–H and O–H groups in total. The number of hydrogen-bond donors (Lipinski definition) is 1. The number of carbonyl (C=O) groups excluding carboxylic acids is 1. The lowest BCUT2D eigenvalue weighted by Gasteiger charge is -2.22. The van der Waals surface area contributed by atoms with Crippen LogP contribution in [0.25, 0.3) is 10.9 Å². The van der Waals surface area contributed by atoms with Crippen LogP contribution in [0.15, 0.2) is 59.4 Å². The van der Waals surface area contributed by atoms with Crippen molar-refractivity contribution < 1.29 is 4.79 Å². The average Bonchev–Trinajstić information content (AvgIpc) is 2.70. The first-order valence-electron chi connectivity index (χ1n) is 9.47. The summed E-state index contributed by atoms with van der Waals surface area (Å²) in [5.74, 6) is 0.617. The fourth-order valence-electron chi connectivity index (χ4n) is 3.09. The van der Waals surface area contributed by atoms with Crippen molar-refractivity contribution in [3.8, 4) is 0 Å². The Kier molecular flexibility index (Phi) is 6.36. The number of nitrogens with zero attached hydrogens (tertiary/aromatic N) is 2. The molecule has 3 aromatic rings. The van der Waals surface area contributed by atoms with Crippen LogP contribution in [0.5, 0.6) is 0 Å². The van der Waals surface area contributed by atoms with Gasteiger partial charge in [-0.15, -0.1) is 0 Å². The van der Waals surface area contributed by atoms with E-state index in [9.17, 15) is 9.59 Å².